The molecular formula is C13H23NO2S. The van der Waals surface area contributed by atoms with E-state index >= 15 is 0 Å². The molecule has 17 heavy (non-hydrogen) atoms. The molecule has 2 fully saturated rings. The van der Waals surface area contributed by atoms with E-state index in [2.05, 4.69) is 5.32 Å². The van der Waals surface area contributed by atoms with Crippen LogP contribution in [0, 0.1) is 5.92 Å². The van der Waals surface area contributed by atoms with E-state index in [0.717, 1.165) is 31.4 Å². The summed E-state index contributed by atoms with van der Waals surface area (Å²) in [5, 5.41) is 3.68. The van der Waals surface area contributed by atoms with Crippen LogP contribution in [0.2, 0.25) is 0 Å². The van der Waals surface area contributed by atoms with Gasteiger partial charge in [-0.25, -0.2) is 0 Å². The summed E-state index contributed by atoms with van der Waals surface area (Å²) >= 11 is 2.00. The molecule has 0 bridgehead atoms. The fraction of sp³-hybridized carbons (Fsp3) is 0.846. The number of carbonyl (C=O) groups excluding carboxylic acids is 2. The Morgan fingerprint density at radius 3 is 2.94 bits per heavy atom. The summed E-state index contributed by atoms with van der Waals surface area (Å²) in [6.07, 6.45) is 4.67. The second-order valence-electron chi connectivity index (χ2n) is 4.88. The number of amides is 1. The molecule has 2 saturated heterocycles. The van der Waals surface area contributed by atoms with E-state index in [0.29, 0.717) is 23.6 Å². The standard InChI is InChI=1S/C12H19NO2S.CH4/c1-8(14)4-2-3-5-10-12-9(7-16-10)6-11(15)13-12;/h9-10,12H,2-7H2,1H3,(H,13,15);1H4. The van der Waals surface area contributed by atoms with Gasteiger partial charge in [-0.3, -0.25) is 4.79 Å². The SMILES string of the molecule is C.CC(=O)CCCCC1SCC2CC(=O)NC21. The van der Waals surface area contributed by atoms with E-state index in [1.165, 1.54) is 0 Å². The number of hydrogen-bond acceptors (Lipinski definition) is 3. The molecule has 3 atom stereocenters. The van der Waals surface area contributed by atoms with Crippen molar-refractivity contribution in [1.29, 1.82) is 0 Å². The maximum atomic E-state index is 11.3. The Morgan fingerprint density at radius 2 is 2.24 bits per heavy atom. The predicted octanol–water partition coefficient (Wildman–Crippen LogP) is 2.39. The van der Waals surface area contributed by atoms with Crippen molar-refractivity contribution in [2.75, 3.05) is 5.75 Å². The van der Waals surface area contributed by atoms with Gasteiger partial charge >= 0.3 is 0 Å². The highest BCUT2D eigenvalue weighted by atomic mass is 32.2. The highest BCUT2D eigenvalue weighted by Gasteiger charge is 2.42. The van der Waals surface area contributed by atoms with Crippen molar-refractivity contribution in [3.05, 3.63) is 0 Å². The Hall–Kier alpha value is -0.510. The van der Waals surface area contributed by atoms with Gasteiger partial charge in [-0.2, -0.15) is 11.8 Å². The van der Waals surface area contributed by atoms with Crippen molar-refractivity contribution < 1.29 is 9.59 Å². The Kier molecular flexibility index (Phi) is 5.50. The van der Waals surface area contributed by atoms with Crippen LogP contribution in [0.5, 0.6) is 0 Å². The van der Waals surface area contributed by atoms with E-state index in [-0.39, 0.29) is 19.1 Å². The van der Waals surface area contributed by atoms with Gasteiger partial charge in [0.05, 0.1) is 0 Å². The van der Waals surface area contributed by atoms with E-state index in [1.54, 1.807) is 6.92 Å². The zero-order chi connectivity index (χ0) is 11.5. The first-order valence-corrected chi connectivity index (χ1v) is 7.12. The zero-order valence-corrected chi connectivity index (χ0v) is 10.5. The van der Waals surface area contributed by atoms with E-state index in [4.69, 9.17) is 0 Å². The third kappa shape index (κ3) is 3.73. The van der Waals surface area contributed by atoms with Crippen molar-refractivity contribution >= 4 is 23.5 Å². The third-order valence-corrected chi connectivity index (χ3v) is 5.05. The average Bonchev–Trinajstić information content (AvgIpc) is 2.72. The van der Waals surface area contributed by atoms with Crippen LogP contribution < -0.4 is 5.32 Å². The molecular weight excluding hydrogens is 234 g/mol. The molecule has 0 spiro atoms. The van der Waals surface area contributed by atoms with Gasteiger partial charge in [-0.05, 0) is 31.4 Å². The normalized spacial score (nSPS) is 30.6. The molecule has 4 heteroatoms. The lowest BCUT2D eigenvalue weighted by molar-refractivity contribution is -0.119. The summed E-state index contributed by atoms with van der Waals surface area (Å²) in [4.78, 5) is 22.1. The molecule has 2 rings (SSSR count). The predicted molar refractivity (Wildman–Crippen MR) is 72.2 cm³/mol. The fourth-order valence-corrected chi connectivity index (χ4v) is 4.27. The molecule has 1 N–H and O–H groups in total. The van der Waals surface area contributed by atoms with Crippen LogP contribution >= 0.6 is 11.8 Å². The monoisotopic (exact) mass is 257 g/mol. The molecule has 0 radical (unpaired) electrons. The second-order valence-corrected chi connectivity index (χ2v) is 6.15. The van der Waals surface area contributed by atoms with Crippen molar-refractivity contribution in [2.24, 2.45) is 5.92 Å². The van der Waals surface area contributed by atoms with Crippen LogP contribution in [0.4, 0.5) is 0 Å². The summed E-state index contributed by atoms with van der Waals surface area (Å²) in [5.41, 5.74) is 0. The first kappa shape index (κ1) is 14.6. The number of hydrogen-bond donors (Lipinski definition) is 1. The van der Waals surface area contributed by atoms with Crippen LogP contribution in [0.3, 0.4) is 0 Å². The smallest absolute Gasteiger partial charge is 0.220 e. The van der Waals surface area contributed by atoms with Crippen molar-refractivity contribution in [1.82, 2.24) is 5.32 Å². The Bertz CT molecular complexity index is 293. The number of thioether (sulfide) groups is 1. The number of fused-ring (bicyclic) bond motifs is 1. The quantitative estimate of drug-likeness (QED) is 0.769. The van der Waals surface area contributed by atoms with Gasteiger partial charge in [-0.15, -0.1) is 0 Å². The van der Waals surface area contributed by atoms with Crippen LogP contribution in [0.1, 0.15) is 46.5 Å². The Labute approximate surface area is 108 Å². The minimum absolute atomic E-state index is 0. The molecule has 3 nitrogen and oxygen atoms in total. The van der Waals surface area contributed by atoms with Gasteiger partial charge < -0.3 is 10.1 Å². The topological polar surface area (TPSA) is 46.2 Å². The van der Waals surface area contributed by atoms with Crippen LogP contribution in [-0.4, -0.2) is 28.7 Å². The van der Waals surface area contributed by atoms with Gasteiger partial charge in [0.25, 0.3) is 0 Å². The van der Waals surface area contributed by atoms with Crippen molar-refractivity contribution in [3.8, 4) is 0 Å². The molecule has 2 heterocycles. The highest BCUT2D eigenvalue weighted by Crippen LogP contribution is 2.39. The molecule has 3 unspecified atom stereocenters. The van der Waals surface area contributed by atoms with Crippen molar-refractivity contribution in [2.45, 2.75) is 57.7 Å². The Morgan fingerprint density at radius 1 is 1.47 bits per heavy atom. The summed E-state index contributed by atoms with van der Waals surface area (Å²) in [6, 6.07) is 0.412. The van der Waals surface area contributed by atoms with Crippen LogP contribution in [-0.2, 0) is 9.59 Å². The van der Waals surface area contributed by atoms with Gasteiger partial charge in [0.2, 0.25) is 5.91 Å². The van der Waals surface area contributed by atoms with Gasteiger partial charge in [-0.1, -0.05) is 13.8 Å². The molecule has 0 aromatic rings. The third-order valence-electron chi connectivity index (χ3n) is 3.48. The van der Waals surface area contributed by atoms with Gasteiger partial charge in [0.1, 0.15) is 5.78 Å². The molecule has 2 aliphatic rings. The highest BCUT2D eigenvalue weighted by molar-refractivity contribution is 8.00. The summed E-state index contributed by atoms with van der Waals surface area (Å²) in [5.74, 6) is 2.20. The van der Waals surface area contributed by atoms with Gasteiger partial charge in [0.15, 0.2) is 0 Å². The lowest BCUT2D eigenvalue weighted by atomic mass is 9.97. The Balaban J connectivity index is 0.00000144. The minimum atomic E-state index is 0. The number of nitrogens with one attached hydrogen (secondary N) is 1. The zero-order valence-electron chi connectivity index (χ0n) is 9.70. The molecule has 1 amide bonds. The summed E-state index contributed by atoms with van der Waals surface area (Å²) < 4.78 is 0. The largest absolute Gasteiger partial charge is 0.352 e. The molecule has 2 aliphatic heterocycles. The lowest BCUT2D eigenvalue weighted by Crippen LogP contribution is -2.34. The second kappa shape index (κ2) is 6.43. The minimum Gasteiger partial charge on any atom is -0.352 e. The number of unbranched alkanes of at least 4 members (excludes halogenated alkanes) is 1. The number of Topliss-reactive ketones (excluding diaryl/α,β-unsaturated/α-hetero) is 1. The molecule has 0 aliphatic carbocycles. The lowest BCUT2D eigenvalue weighted by Gasteiger charge is -2.17. The van der Waals surface area contributed by atoms with Crippen LogP contribution in [0.25, 0.3) is 0 Å². The van der Waals surface area contributed by atoms with Gasteiger partial charge in [0, 0.05) is 24.1 Å². The maximum absolute atomic E-state index is 11.3. The van der Waals surface area contributed by atoms with Crippen molar-refractivity contribution in [3.63, 3.8) is 0 Å². The molecule has 0 saturated carbocycles. The fourth-order valence-electron chi connectivity index (χ4n) is 2.62. The number of ketones is 1. The number of rotatable bonds is 5. The summed E-state index contributed by atoms with van der Waals surface area (Å²) in [6.45, 7) is 1.65. The molecule has 0 aromatic heterocycles. The molecule has 98 valence electrons. The van der Waals surface area contributed by atoms with E-state index in [1.807, 2.05) is 11.8 Å². The van der Waals surface area contributed by atoms with E-state index < -0.39 is 0 Å². The maximum Gasteiger partial charge on any atom is 0.220 e. The summed E-state index contributed by atoms with van der Waals surface area (Å²) in [7, 11) is 0. The van der Waals surface area contributed by atoms with Crippen LogP contribution in [0.15, 0.2) is 0 Å². The first-order valence-electron chi connectivity index (χ1n) is 6.07. The molecule has 0 aromatic carbocycles. The average molecular weight is 257 g/mol. The number of carbonyl (C=O) groups is 2. The first-order chi connectivity index (χ1) is 7.66. The van der Waals surface area contributed by atoms with E-state index in [9.17, 15) is 9.59 Å².